The van der Waals surface area contributed by atoms with Crippen LogP contribution in [0.15, 0.2) is 24.4 Å². The van der Waals surface area contributed by atoms with Crippen molar-refractivity contribution in [3.05, 3.63) is 34.4 Å². The lowest BCUT2D eigenvalue weighted by atomic mass is 9.74. The SMILES string of the molecule is Nc1nc(N2CCC3(CCC[C@@H]3N)CC2)cnc1-c1cccc(Cl)c1Cl. The van der Waals surface area contributed by atoms with Crippen molar-refractivity contribution in [1.29, 1.82) is 0 Å². The number of benzene rings is 1. The second-order valence-corrected chi connectivity index (χ2v) is 8.20. The lowest BCUT2D eigenvalue weighted by Crippen LogP contribution is -2.47. The molecule has 0 amide bonds. The monoisotopic (exact) mass is 391 g/mol. The molecule has 1 atom stereocenters. The summed E-state index contributed by atoms with van der Waals surface area (Å²) in [5, 5.41) is 0.918. The van der Waals surface area contributed by atoms with Crippen molar-refractivity contribution in [3.8, 4) is 11.3 Å². The van der Waals surface area contributed by atoms with Gasteiger partial charge in [0, 0.05) is 24.7 Å². The van der Waals surface area contributed by atoms with E-state index in [1.807, 2.05) is 12.1 Å². The van der Waals surface area contributed by atoms with Crippen molar-refractivity contribution in [2.45, 2.75) is 38.1 Å². The first-order valence-electron chi connectivity index (χ1n) is 9.08. The molecule has 2 aliphatic rings. The molecule has 2 fully saturated rings. The first-order valence-corrected chi connectivity index (χ1v) is 9.83. The molecular weight excluding hydrogens is 369 g/mol. The maximum atomic E-state index is 6.37. The molecule has 1 aromatic carbocycles. The van der Waals surface area contributed by atoms with Crippen LogP contribution in [0.5, 0.6) is 0 Å². The zero-order valence-electron chi connectivity index (χ0n) is 14.6. The fourth-order valence-corrected chi connectivity index (χ4v) is 4.80. The summed E-state index contributed by atoms with van der Waals surface area (Å²) in [6.45, 7) is 1.89. The Kier molecular flexibility index (Phi) is 4.71. The number of hydrogen-bond donors (Lipinski definition) is 2. The van der Waals surface area contributed by atoms with E-state index in [0.29, 0.717) is 38.6 Å². The Bertz CT molecular complexity index is 818. The zero-order valence-corrected chi connectivity index (χ0v) is 16.1. The number of piperidine rings is 1. The molecule has 1 aliphatic heterocycles. The van der Waals surface area contributed by atoms with Gasteiger partial charge < -0.3 is 16.4 Å². The van der Waals surface area contributed by atoms with E-state index in [1.165, 1.54) is 12.8 Å². The van der Waals surface area contributed by atoms with Crippen LogP contribution in [0.2, 0.25) is 10.0 Å². The highest BCUT2D eigenvalue weighted by Crippen LogP contribution is 2.46. The third-order valence-corrected chi connectivity index (χ3v) is 6.87. The molecule has 5 nitrogen and oxygen atoms in total. The summed E-state index contributed by atoms with van der Waals surface area (Å²) in [5.74, 6) is 1.18. The van der Waals surface area contributed by atoms with Crippen molar-refractivity contribution in [2.75, 3.05) is 23.7 Å². The van der Waals surface area contributed by atoms with E-state index in [0.717, 1.165) is 38.2 Å². The number of anilines is 2. The van der Waals surface area contributed by atoms with E-state index < -0.39 is 0 Å². The summed E-state index contributed by atoms with van der Waals surface area (Å²) in [6.07, 6.45) is 7.65. The van der Waals surface area contributed by atoms with Gasteiger partial charge in [-0.1, -0.05) is 41.8 Å². The van der Waals surface area contributed by atoms with Gasteiger partial charge in [-0.05, 0) is 37.2 Å². The van der Waals surface area contributed by atoms with E-state index in [2.05, 4.69) is 14.9 Å². The highest BCUT2D eigenvalue weighted by atomic mass is 35.5. The maximum absolute atomic E-state index is 6.37. The Labute approximate surface area is 163 Å². The molecule has 2 heterocycles. The fraction of sp³-hybridized carbons (Fsp3) is 0.474. The molecule has 0 bridgehead atoms. The number of halogens is 2. The van der Waals surface area contributed by atoms with E-state index >= 15 is 0 Å². The first kappa shape index (κ1) is 17.8. The highest BCUT2D eigenvalue weighted by molar-refractivity contribution is 6.43. The van der Waals surface area contributed by atoms with E-state index in [9.17, 15) is 0 Å². The molecule has 138 valence electrons. The van der Waals surface area contributed by atoms with E-state index in [-0.39, 0.29) is 0 Å². The van der Waals surface area contributed by atoms with E-state index in [1.54, 1.807) is 12.3 Å². The van der Waals surface area contributed by atoms with Crippen LogP contribution in [-0.2, 0) is 0 Å². The van der Waals surface area contributed by atoms with Crippen LogP contribution < -0.4 is 16.4 Å². The predicted molar refractivity (Wildman–Crippen MR) is 108 cm³/mol. The third kappa shape index (κ3) is 3.02. The lowest BCUT2D eigenvalue weighted by Gasteiger charge is -2.42. The number of nitrogen functional groups attached to an aromatic ring is 1. The average molecular weight is 392 g/mol. The second kappa shape index (κ2) is 6.87. The molecule has 26 heavy (non-hydrogen) atoms. The minimum Gasteiger partial charge on any atom is -0.382 e. The molecule has 1 spiro atoms. The van der Waals surface area contributed by atoms with Crippen molar-refractivity contribution >= 4 is 34.8 Å². The summed E-state index contributed by atoms with van der Waals surface area (Å²) in [7, 11) is 0. The van der Waals surface area contributed by atoms with Crippen LogP contribution in [0.25, 0.3) is 11.3 Å². The number of nitrogens with zero attached hydrogens (tertiary/aromatic N) is 3. The molecule has 0 radical (unpaired) electrons. The van der Waals surface area contributed by atoms with E-state index in [4.69, 9.17) is 34.7 Å². The Hall–Kier alpha value is -1.56. The predicted octanol–water partition coefficient (Wildman–Crippen LogP) is 4.13. The molecule has 4 rings (SSSR count). The topological polar surface area (TPSA) is 81.1 Å². The van der Waals surface area contributed by atoms with Gasteiger partial charge in [0.15, 0.2) is 5.82 Å². The zero-order chi connectivity index (χ0) is 18.3. The molecule has 4 N–H and O–H groups in total. The normalized spacial score (nSPS) is 22.1. The van der Waals surface area contributed by atoms with Gasteiger partial charge in [0.1, 0.15) is 11.5 Å². The Morgan fingerprint density at radius 1 is 1.15 bits per heavy atom. The summed E-state index contributed by atoms with van der Waals surface area (Å²) in [4.78, 5) is 11.4. The standard InChI is InChI=1S/C19H23Cl2N5/c20-13-4-1-3-12(16(13)21)17-18(23)25-15(11-24-17)26-9-7-19(8-10-26)6-2-5-14(19)22/h1,3-4,11,14H,2,5-10,22H2,(H2,23,25)/t14-/m0/s1. The molecule has 1 aromatic heterocycles. The van der Waals surface area contributed by atoms with Gasteiger partial charge in [-0.25, -0.2) is 9.97 Å². The Balaban J connectivity index is 1.55. The van der Waals surface area contributed by atoms with Crippen molar-refractivity contribution in [3.63, 3.8) is 0 Å². The first-order chi connectivity index (χ1) is 12.5. The summed E-state index contributed by atoms with van der Waals surface area (Å²) in [6, 6.07) is 5.75. The Morgan fingerprint density at radius 3 is 2.58 bits per heavy atom. The number of aromatic nitrogens is 2. The molecule has 7 heteroatoms. The number of hydrogen-bond acceptors (Lipinski definition) is 5. The van der Waals surface area contributed by atoms with Gasteiger partial charge in [0.25, 0.3) is 0 Å². The minimum atomic E-state index is 0.323. The molecular formula is C19H23Cl2N5. The molecule has 1 aliphatic carbocycles. The Morgan fingerprint density at radius 2 is 1.92 bits per heavy atom. The third-order valence-electron chi connectivity index (χ3n) is 6.05. The van der Waals surface area contributed by atoms with Gasteiger partial charge in [-0.15, -0.1) is 0 Å². The summed E-state index contributed by atoms with van der Waals surface area (Å²) < 4.78 is 0. The van der Waals surface area contributed by atoms with Gasteiger partial charge >= 0.3 is 0 Å². The summed E-state index contributed by atoms with van der Waals surface area (Å²) in [5.41, 5.74) is 14.2. The number of nitrogens with two attached hydrogens (primary N) is 2. The quantitative estimate of drug-likeness (QED) is 0.803. The van der Waals surface area contributed by atoms with Crippen molar-refractivity contribution in [2.24, 2.45) is 11.1 Å². The van der Waals surface area contributed by atoms with Crippen LogP contribution >= 0.6 is 23.2 Å². The summed E-state index contributed by atoms with van der Waals surface area (Å²) >= 11 is 12.4. The minimum absolute atomic E-state index is 0.323. The lowest BCUT2D eigenvalue weighted by molar-refractivity contribution is 0.197. The largest absolute Gasteiger partial charge is 0.382 e. The second-order valence-electron chi connectivity index (χ2n) is 7.41. The average Bonchev–Trinajstić information content (AvgIpc) is 2.98. The molecule has 2 aromatic rings. The molecule has 1 saturated carbocycles. The van der Waals surface area contributed by atoms with Gasteiger partial charge in [-0.3, -0.25) is 0 Å². The van der Waals surface area contributed by atoms with Gasteiger partial charge in [-0.2, -0.15) is 0 Å². The van der Waals surface area contributed by atoms with Gasteiger partial charge in [0.05, 0.1) is 16.2 Å². The van der Waals surface area contributed by atoms with Crippen molar-refractivity contribution in [1.82, 2.24) is 9.97 Å². The van der Waals surface area contributed by atoms with Gasteiger partial charge in [0.2, 0.25) is 0 Å². The van der Waals surface area contributed by atoms with Crippen LogP contribution in [0.1, 0.15) is 32.1 Å². The van der Waals surface area contributed by atoms with Crippen LogP contribution in [-0.4, -0.2) is 29.1 Å². The van der Waals surface area contributed by atoms with Crippen molar-refractivity contribution < 1.29 is 0 Å². The molecule has 0 unspecified atom stereocenters. The van der Waals surface area contributed by atoms with Crippen LogP contribution in [0.3, 0.4) is 0 Å². The molecule has 1 saturated heterocycles. The smallest absolute Gasteiger partial charge is 0.152 e. The maximum Gasteiger partial charge on any atom is 0.152 e. The highest BCUT2D eigenvalue weighted by Gasteiger charge is 2.43. The van der Waals surface area contributed by atoms with Crippen LogP contribution in [0, 0.1) is 5.41 Å². The van der Waals surface area contributed by atoms with Crippen LogP contribution in [0.4, 0.5) is 11.6 Å². The fourth-order valence-electron chi connectivity index (χ4n) is 4.41. The number of rotatable bonds is 2.